The maximum atomic E-state index is 14.7. The van der Waals surface area contributed by atoms with Gasteiger partial charge in [0.1, 0.15) is 0 Å². The van der Waals surface area contributed by atoms with Gasteiger partial charge < -0.3 is 10.6 Å². The summed E-state index contributed by atoms with van der Waals surface area (Å²) in [5, 5.41) is 3.85. The third-order valence-corrected chi connectivity index (χ3v) is 5.57. The molecule has 0 saturated carbocycles. The first kappa shape index (κ1) is 29.8. The topological polar surface area (TPSA) is 41.1 Å². The molecule has 2 rings (SSSR count). The predicted octanol–water partition coefficient (Wildman–Crippen LogP) is 7.67. The van der Waals surface area contributed by atoms with Crippen LogP contribution in [0.5, 0.6) is 0 Å². The van der Waals surface area contributed by atoms with Gasteiger partial charge in [0.25, 0.3) is 5.91 Å². The summed E-state index contributed by atoms with van der Waals surface area (Å²) in [4.78, 5) is 12.4. The summed E-state index contributed by atoms with van der Waals surface area (Å²) in [5.41, 5.74) is -14.4. The molecule has 2 N–H and O–H groups in total. The molecular weight excluding hydrogens is 646 g/mol. The van der Waals surface area contributed by atoms with Gasteiger partial charge in [-0.3, -0.25) is 4.79 Å². The Balaban J connectivity index is 2.79. The maximum Gasteiger partial charge on any atom is 0.457 e. The van der Waals surface area contributed by atoms with E-state index in [0.717, 1.165) is 40.8 Å². The minimum Gasteiger partial charge on any atom is -0.386 e. The molecule has 0 aliphatic heterocycles. The largest absolute Gasteiger partial charge is 0.457 e. The van der Waals surface area contributed by atoms with Gasteiger partial charge in [-0.15, -0.1) is 0 Å². The lowest BCUT2D eigenvalue weighted by Crippen LogP contribution is -2.59. The first-order chi connectivity index (χ1) is 16.1. The second kappa shape index (κ2) is 9.44. The highest BCUT2D eigenvalue weighted by atomic mass is 127. The van der Waals surface area contributed by atoms with Crippen LogP contribution in [0.25, 0.3) is 0 Å². The van der Waals surface area contributed by atoms with Crippen molar-refractivity contribution < 1.29 is 61.9 Å². The van der Waals surface area contributed by atoms with E-state index in [-0.39, 0.29) is 11.8 Å². The molecule has 1 unspecified atom stereocenters. The normalized spacial score (nSPS) is 14.9. The lowest BCUT2D eigenvalue weighted by Gasteiger charge is -2.36. The first-order valence-corrected chi connectivity index (χ1v) is 10.1. The van der Waals surface area contributed by atoms with E-state index in [2.05, 4.69) is 5.32 Å². The van der Waals surface area contributed by atoms with Crippen LogP contribution in [-0.4, -0.2) is 31.2 Å². The molecule has 2 aromatic carbocycles. The highest BCUT2D eigenvalue weighted by Crippen LogP contribution is 2.59. The van der Waals surface area contributed by atoms with Gasteiger partial charge in [-0.05, 0) is 46.9 Å². The zero-order valence-electron chi connectivity index (χ0n) is 17.1. The molecular formula is C19H10F13IN2O. The zero-order valence-corrected chi connectivity index (χ0v) is 19.2. The Hall–Kier alpha value is -2.47. The molecule has 2 aromatic rings. The Morgan fingerprint density at radius 2 is 1.42 bits per heavy atom. The lowest BCUT2D eigenvalue weighted by molar-refractivity contribution is -0.389. The van der Waals surface area contributed by atoms with Crippen molar-refractivity contribution in [3.8, 4) is 0 Å². The summed E-state index contributed by atoms with van der Waals surface area (Å²) in [6.45, 7) is 0. The highest BCUT2D eigenvalue weighted by Gasteiger charge is 2.81. The summed E-state index contributed by atoms with van der Waals surface area (Å²) in [6.07, 6.45) is -20.0. The Morgan fingerprint density at radius 1 is 0.861 bits per heavy atom. The lowest BCUT2D eigenvalue weighted by atomic mass is 9.86. The molecule has 1 amide bonds. The van der Waals surface area contributed by atoms with E-state index in [0.29, 0.717) is 0 Å². The molecule has 0 bridgehead atoms. The quantitative estimate of drug-likeness (QED) is 0.257. The minimum atomic E-state index is -7.22. The van der Waals surface area contributed by atoms with Gasteiger partial charge in [0.05, 0.1) is 22.5 Å². The average Bonchev–Trinajstić information content (AvgIpc) is 2.71. The van der Waals surface area contributed by atoms with E-state index >= 15 is 0 Å². The van der Waals surface area contributed by atoms with Crippen LogP contribution >= 0.6 is 22.6 Å². The van der Waals surface area contributed by atoms with E-state index in [1.54, 1.807) is 0 Å². The molecule has 0 fully saturated rings. The van der Waals surface area contributed by atoms with Crippen molar-refractivity contribution in [3.63, 3.8) is 0 Å². The second-order valence-electron chi connectivity index (χ2n) is 6.98. The fraction of sp³-hybridized carbons (Fsp3) is 0.316. The number of benzene rings is 2. The number of alkyl halides is 12. The summed E-state index contributed by atoms with van der Waals surface area (Å²) in [7, 11) is 1.23. The molecule has 0 saturated heterocycles. The SMILES string of the molecule is CNc1cccc(C(=O)Nc2c(I)cc(C(F)(C(F)(F)F)C(F)(F)C(F)(F)F)cc2C(F)(F)F)c1F. The maximum absolute atomic E-state index is 14.7. The van der Waals surface area contributed by atoms with Gasteiger partial charge in [-0.2, -0.15) is 48.3 Å². The van der Waals surface area contributed by atoms with E-state index in [1.165, 1.54) is 12.4 Å². The summed E-state index contributed by atoms with van der Waals surface area (Å²) in [5.74, 6) is -10.1. The molecule has 0 aromatic heterocycles. The van der Waals surface area contributed by atoms with E-state index in [4.69, 9.17) is 0 Å². The fourth-order valence-electron chi connectivity index (χ4n) is 2.96. The Labute approximate surface area is 206 Å². The number of hydrogen-bond acceptors (Lipinski definition) is 2. The molecule has 0 aliphatic carbocycles. The van der Waals surface area contributed by atoms with Gasteiger partial charge in [-0.1, -0.05) is 6.07 Å². The molecule has 0 spiro atoms. The number of nitrogens with one attached hydrogen (secondary N) is 2. The Morgan fingerprint density at radius 3 is 1.86 bits per heavy atom. The van der Waals surface area contributed by atoms with Gasteiger partial charge >= 0.3 is 30.1 Å². The standard InChI is InChI=1S/C19H10F13IN2O/c1-34-11-4-2-3-8(12(11)20)14(36)35-13-9(16(22,23)24)5-7(6-10(13)33)15(21,18(27,28)29)17(25,26)19(30,31)32/h2-6,34H,1H3,(H,35,36). The van der Waals surface area contributed by atoms with Crippen LogP contribution in [0.15, 0.2) is 30.3 Å². The van der Waals surface area contributed by atoms with Crippen LogP contribution in [0.4, 0.5) is 68.5 Å². The third kappa shape index (κ3) is 5.02. The number of halogens is 14. The van der Waals surface area contributed by atoms with Crippen molar-refractivity contribution in [2.24, 2.45) is 0 Å². The summed E-state index contributed by atoms with van der Waals surface area (Å²) < 4.78 is 174. The predicted molar refractivity (Wildman–Crippen MR) is 108 cm³/mol. The first-order valence-electron chi connectivity index (χ1n) is 9.00. The minimum absolute atomic E-state index is 0.287. The van der Waals surface area contributed by atoms with Gasteiger partial charge in [0.15, 0.2) is 5.82 Å². The van der Waals surface area contributed by atoms with E-state index in [1.807, 2.05) is 0 Å². The second-order valence-corrected chi connectivity index (χ2v) is 8.14. The molecule has 0 heterocycles. The molecule has 1 atom stereocenters. The molecule has 200 valence electrons. The summed E-state index contributed by atoms with van der Waals surface area (Å²) >= 11 is 0.763. The molecule has 0 aliphatic rings. The van der Waals surface area contributed by atoms with Crippen molar-refractivity contribution in [1.29, 1.82) is 0 Å². The molecule has 17 heteroatoms. The molecule has 0 radical (unpaired) electrons. The van der Waals surface area contributed by atoms with Crippen LogP contribution < -0.4 is 10.6 Å². The van der Waals surface area contributed by atoms with Gasteiger partial charge in [-0.25, -0.2) is 8.78 Å². The number of anilines is 2. The fourth-order valence-corrected chi connectivity index (χ4v) is 3.72. The van der Waals surface area contributed by atoms with Crippen LogP contribution in [-0.2, 0) is 11.8 Å². The zero-order chi connectivity index (χ0) is 28.1. The van der Waals surface area contributed by atoms with E-state index < -0.39 is 73.9 Å². The van der Waals surface area contributed by atoms with Crippen LogP contribution in [0.1, 0.15) is 21.5 Å². The van der Waals surface area contributed by atoms with Crippen molar-refractivity contribution in [2.75, 3.05) is 17.7 Å². The monoisotopic (exact) mass is 656 g/mol. The number of carbonyl (C=O) groups excluding carboxylic acids is 1. The van der Waals surface area contributed by atoms with Crippen LogP contribution in [0.2, 0.25) is 0 Å². The molecule has 3 nitrogen and oxygen atoms in total. The van der Waals surface area contributed by atoms with Crippen molar-refractivity contribution >= 4 is 39.9 Å². The number of rotatable bonds is 5. The van der Waals surface area contributed by atoms with Crippen molar-refractivity contribution in [3.05, 3.63) is 56.4 Å². The van der Waals surface area contributed by atoms with Crippen molar-refractivity contribution in [1.82, 2.24) is 0 Å². The van der Waals surface area contributed by atoms with Gasteiger partial charge in [0.2, 0.25) is 0 Å². The van der Waals surface area contributed by atoms with Gasteiger partial charge in [0, 0.05) is 16.2 Å². The smallest absolute Gasteiger partial charge is 0.386 e. The van der Waals surface area contributed by atoms with Crippen LogP contribution in [0, 0.1) is 9.39 Å². The number of carbonyl (C=O) groups is 1. The third-order valence-electron chi connectivity index (χ3n) is 4.72. The average molecular weight is 656 g/mol. The number of amides is 1. The Bertz CT molecular complexity index is 1160. The van der Waals surface area contributed by atoms with Crippen LogP contribution in [0.3, 0.4) is 0 Å². The molecule has 36 heavy (non-hydrogen) atoms. The summed E-state index contributed by atoms with van der Waals surface area (Å²) in [6, 6.07) is 1.75. The number of hydrogen-bond donors (Lipinski definition) is 2. The van der Waals surface area contributed by atoms with E-state index in [9.17, 15) is 61.9 Å². The Kier molecular flexibility index (Phi) is 7.80. The van der Waals surface area contributed by atoms with Crippen molar-refractivity contribution in [2.45, 2.75) is 30.1 Å². The highest BCUT2D eigenvalue weighted by molar-refractivity contribution is 14.1.